The van der Waals surface area contributed by atoms with E-state index in [1.54, 1.807) is 24.3 Å². The van der Waals surface area contributed by atoms with Crippen LogP contribution in [0.25, 0.3) is 5.70 Å². The maximum atomic E-state index is 14.3. The maximum absolute atomic E-state index is 14.3. The first-order valence-electron chi connectivity index (χ1n) is 11.7. The molecule has 1 aliphatic rings. The Bertz CT molecular complexity index is 1470. The monoisotopic (exact) mass is 514 g/mol. The fraction of sp³-hybridized carbons (Fsp3) is 0.148. The van der Waals surface area contributed by atoms with Crippen LogP contribution in [0.4, 0.5) is 21.6 Å². The van der Waals surface area contributed by atoms with Gasteiger partial charge in [0.15, 0.2) is 11.6 Å². The Morgan fingerprint density at radius 1 is 1.29 bits per heavy atom. The van der Waals surface area contributed by atoms with Gasteiger partial charge in [-0.05, 0) is 30.7 Å². The molecule has 0 saturated heterocycles. The van der Waals surface area contributed by atoms with Gasteiger partial charge in [-0.25, -0.2) is 19.3 Å². The van der Waals surface area contributed by atoms with Gasteiger partial charge in [0.25, 0.3) is 5.91 Å². The number of rotatable bonds is 8. The molecule has 5 N–H and O–H groups in total. The Balaban J connectivity index is 1.57. The van der Waals surface area contributed by atoms with Crippen molar-refractivity contribution >= 4 is 34.5 Å². The number of allylic oxidation sites excluding steroid dienone is 5. The molecule has 10 nitrogen and oxygen atoms in total. The minimum absolute atomic E-state index is 0.0271. The van der Waals surface area contributed by atoms with Crippen LogP contribution in [0, 0.1) is 0 Å². The number of nitrogen functional groups attached to an aromatic ring is 1. The van der Waals surface area contributed by atoms with E-state index in [0.717, 1.165) is 5.69 Å². The highest BCUT2D eigenvalue weighted by Gasteiger charge is 2.16. The Labute approximate surface area is 219 Å². The van der Waals surface area contributed by atoms with E-state index < -0.39 is 0 Å². The lowest BCUT2D eigenvalue weighted by Crippen LogP contribution is -2.19. The van der Waals surface area contributed by atoms with Crippen molar-refractivity contribution in [3.8, 4) is 0 Å². The summed E-state index contributed by atoms with van der Waals surface area (Å²) in [6.07, 6.45) is 13.0. The zero-order chi connectivity index (χ0) is 27.1. The van der Waals surface area contributed by atoms with Crippen LogP contribution >= 0.6 is 0 Å². The number of benzene rings is 1. The van der Waals surface area contributed by atoms with Crippen LogP contribution < -0.4 is 21.7 Å². The number of anilines is 3. The number of aliphatic imine (C=N–C) groups is 1. The highest BCUT2D eigenvalue weighted by atomic mass is 19.1. The SMILES string of the molecule is CN(C)c1ccccc1C(=O)Nc1cnc(C(N)=CC(=NCC2=CC=CCC=C2F)c2ncco2)nc1N. The number of carbonyl (C=O) groups excluding carboxylic acids is 1. The standard InChI is InChI=1S/C27H27FN8O2/c1-36(2)23-11-7-6-9-18(23)26(37)34-22-16-33-25(35-24(22)30)20(29)14-21(27-31-12-13-38-27)32-15-17-8-4-3-5-10-19(17)28/h3-4,6-14,16H,5,15,29H2,1-2H3,(H,34,37)(H2,30,33,35). The van der Waals surface area contributed by atoms with E-state index in [4.69, 9.17) is 15.9 Å². The normalized spacial score (nSPS) is 14.0. The Hall–Kier alpha value is -5.06. The molecule has 1 aromatic carbocycles. The second-order valence-electron chi connectivity index (χ2n) is 8.40. The van der Waals surface area contributed by atoms with Crippen LogP contribution in [-0.2, 0) is 0 Å². The summed E-state index contributed by atoms with van der Waals surface area (Å²) in [6, 6.07) is 7.17. The third-order valence-corrected chi connectivity index (χ3v) is 5.49. The summed E-state index contributed by atoms with van der Waals surface area (Å²) >= 11 is 0. The van der Waals surface area contributed by atoms with Crippen molar-refractivity contribution in [2.45, 2.75) is 6.42 Å². The predicted octanol–water partition coefficient (Wildman–Crippen LogP) is 3.89. The molecule has 0 radical (unpaired) electrons. The zero-order valence-corrected chi connectivity index (χ0v) is 20.9. The van der Waals surface area contributed by atoms with Gasteiger partial charge in [-0.1, -0.05) is 30.4 Å². The molecule has 0 fully saturated rings. The van der Waals surface area contributed by atoms with Gasteiger partial charge in [0.1, 0.15) is 23.5 Å². The van der Waals surface area contributed by atoms with Crippen molar-refractivity contribution in [1.29, 1.82) is 0 Å². The van der Waals surface area contributed by atoms with Gasteiger partial charge in [0, 0.05) is 25.4 Å². The number of nitrogens with zero attached hydrogens (tertiary/aromatic N) is 5. The van der Waals surface area contributed by atoms with Crippen LogP contribution in [0.2, 0.25) is 0 Å². The first kappa shape index (κ1) is 26.0. The second-order valence-corrected chi connectivity index (χ2v) is 8.40. The van der Waals surface area contributed by atoms with Crippen LogP contribution in [0.15, 0.2) is 94.1 Å². The molecule has 194 valence electrons. The minimum Gasteiger partial charge on any atom is -0.443 e. The second kappa shape index (κ2) is 11.8. The highest BCUT2D eigenvalue weighted by Crippen LogP contribution is 2.22. The third kappa shape index (κ3) is 6.19. The predicted molar refractivity (Wildman–Crippen MR) is 146 cm³/mol. The lowest BCUT2D eigenvalue weighted by Gasteiger charge is -2.17. The summed E-state index contributed by atoms with van der Waals surface area (Å²) < 4.78 is 19.7. The van der Waals surface area contributed by atoms with E-state index >= 15 is 0 Å². The number of oxazole rings is 1. The van der Waals surface area contributed by atoms with Crippen molar-refractivity contribution < 1.29 is 13.6 Å². The summed E-state index contributed by atoms with van der Waals surface area (Å²) in [6.45, 7) is 0.0382. The summed E-state index contributed by atoms with van der Waals surface area (Å²) in [5.41, 5.74) is 14.6. The molecule has 2 aromatic heterocycles. The molecule has 3 aromatic rings. The quantitative estimate of drug-likeness (QED) is 0.383. The molecule has 38 heavy (non-hydrogen) atoms. The highest BCUT2D eigenvalue weighted by molar-refractivity contribution is 6.10. The van der Waals surface area contributed by atoms with E-state index in [2.05, 4.69) is 25.3 Å². The molecule has 11 heteroatoms. The summed E-state index contributed by atoms with van der Waals surface area (Å²) in [5.74, 6) is -0.374. The van der Waals surface area contributed by atoms with Gasteiger partial charge in [0.05, 0.1) is 30.2 Å². The molecule has 1 aliphatic carbocycles. The van der Waals surface area contributed by atoms with Gasteiger partial charge in [-0.3, -0.25) is 9.79 Å². The zero-order valence-electron chi connectivity index (χ0n) is 20.9. The molecule has 0 spiro atoms. The first-order chi connectivity index (χ1) is 18.3. The molecular weight excluding hydrogens is 487 g/mol. The number of carbonyl (C=O) groups is 1. The van der Waals surface area contributed by atoms with Gasteiger partial charge in [-0.2, -0.15) is 0 Å². The van der Waals surface area contributed by atoms with Crippen molar-refractivity contribution in [3.63, 3.8) is 0 Å². The van der Waals surface area contributed by atoms with Crippen molar-refractivity contribution in [2.75, 3.05) is 36.6 Å². The topological polar surface area (TPSA) is 149 Å². The van der Waals surface area contributed by atoms with E-state index in [0.29, 0.717) is 17.6 Å². The Morgan fingerprint density at radius 2 is 2.11 bits per heavy atom. The molecule has 0 saturated carbocycles. The molecule has 4 rings (SSSR count). The Kier molecular flexibility index (Phi) is 8.07. The maximum Gasteiger partial charge on any atom is 0.257 e. The number of nitrogens with two attached hydrogens (primary N) is 2. The summed E-state index contributed by atoms with van der Waals surface area (Å²) in [4.78, 5) is 31.8. The smallest absolute Gasteiger partial charge is 0.257 e. The molecule has 1 amide bonds. The lowest BCUT2D eigenvalue weighted by molar-refractivity contribution is 0.102. The first-order valence-corrected chi connectivity index (χ1v) is 11.7. The molecule has 0 unspecified atom stereocenters. The van der Waals surface area contributed by atoms with E-state index in [9.17, 15) is 9.18 Å². The number of nitrogens with one attached hydrogen (secondary N) is 1. The Morgan fingerprint density at radius 3 is 2.84 bits per heavy atom. The fourth-order valence-corrected chi connectivity index (χ4v) is 3.56. The van der Waals surface area contributed by atoms with Crippen LogP contribution in [0.1, 0.15) is 28.5 Å². The van der Waals surface area contributed by atoms with Crippen molar-refractivity contribution in [3.05, 3.63) is 102 Å². The molecule has 2 heterocycles. The minimum atomic E-state index is -0.358. The molecule has 0 atom stereocenters. The van der Waals surface area contributed by atoms with E-state index in [1.807, 2.05) is 37.2 Å². The van der Waals surface area contributed by atoms with Gasteiger partial charge >= 0.3 is 0 Å². The van der Waals surface area contributed by atoms with Crippen molar-refractivity contribution in [1.82, 2.24) is 15.0 Å². The van der Waals surface area contributed by atoms with Crippen LogP contribution in [-0.4, -0.2) is 47.2 Å². The fourth-order valence-electron chi connectivity index (χ4n) is 3.56. The number of halogens is 1. The molecule has 0 bridgehead atoms. The average Bonchev–Trinajstić information content (AvgIpc) is 3.37. The third-order valence-electron chi connectivity index (χ3n) is 5.49. The van der Waals surface area contributed by atoms with Crippen LogP contribution in [0.3, 0.4) is 0 Å². The lowest BCUT2D eigenvalue weighted by atomic mass is 10.1. The largest absolute Gasteiger partial charge is 0.443 e. The van der Waals surface area contributed by atoms with Crippen molar-refractivity contribution in [2.24, 2.45) is 10.7 Å². The number of amides is 1. The summed E-state index contributed by atoms with van der Waals surface area (Å²) in [7, 11) is 3.70. The van der Waals surface area contributed by atoms with Crippen LogP contribution in [0.5, 0.6) is 0 Å². The van der Waals surface area contributed by atoms with Gasteiger partial charge in [0.2, 0.25) is 5.89 Å². The average molecular weight is 515 g/mol. The van der Waals surface area contributed by atoms with Gasteiger partial charge < -0.3 is 26.1 Å². The number of hydrogen-bond donors (Lipinski definition) is 3. The molecular formula is C27H27FN8O2. The van der Waals surface area contributed by atoms with E-state index in [1.165, 1.54) is 30.8 Å². The van der Waals surface area contributed by atoms with Gasteiger partial charge in [-0.15, -0.1) is 0 Å². The number of hydrogen-bond acceptors (Lipinski definition) is 9. The number of para-hydroxylation sites is 1. The number of aromatic nitrogens is 3. The summed E-state index contributed by atoms with van der Waals surface area (Å²) in [5, 5.41) is 2.74. The van der Waals surface area contributed by atoms with E-state index in [-0.39, 0.29) is 52.9 Å². The molecule has 0 aliphatic heterocycles.